The first-order valence-electron chi connectivity index (χ1n) is 9.66. The van der Waals surface area contributed by atoms with Crippen LogP contribution in [0.4, 0.5) is 30.2 Å². The number of nitrogen functional groups attached to an aromatic ring is 1. The molecule has 0 saturated carbocycles. The molecule has 4 N–H and O–H groups in total. The predicted molar refractivity (Wildman–Crippen MR) is 114 cm³/mol. The molecule has 0 radical (unpaired) electrons. The van der Waals surface area contributed by atoms with Crippen LogP contribution in [0.2, 0.25) is 0 Å². The Morgan fingerprint density at radius 2 is 1.72 bits per heavy atom. The average Bonchev–Trinajstić information content (AvgIpc) is 2.75. The number of aryl methyl sites for hydroxylation is 1. The standard InChI is InChI=1S/C22H20F3N5O2/c23-22(24,25)19-11-8-14(12-28-19)4-3-7-20(31)29-15-9-10-18(27-13-15)21(32)30-17-6-2-1-5-16(17)26/h1-2,5-6,8-13H,3-4,7,26H2,(H,29,31)(H,30,32). The highest BCUT2D eigenvalue weighted by Gasteiger charge is 2.31. The van der Waals surface area contributed by atoms with Gasteiger partial charge in [0.05, 0.1) is 23.3 Å². The van der Waals surface area contributed by atoms with E-state index in [1.165, 1.54) is 18.3 Å². The molecule has 0 bridgehead atoms. The van der Waals surface area contributed by atoms with Gasteiger partial charge in [0.1, 0.15) is 11.4 Å². The van der Waals surface area contributed by atoms with E-state index in [4.69, 9.17) is 5.73 Å². The number of carbonyl (C=O) groups excluding carboxylic acids is 2. The minimum absolute atomic E-state index is 0.154. The molecule has 166 valence electrons. The van der Waals surface area contributed by atoms with Crippen molar-refractivity contribution in [2.75, 3.05) is 16.4 Å². The van der Waals surface area contributed by atoms with Crippen LogP contribution in [0.1, 0.15) is 34.6 Å². The molecule has 0 atom stereocenters. The number of nitrogens with two attached hydrogens (primary N) is 1. The number of hydrogen-bond donors (Lipinski definition) is 3. The van der Waals surface area contributed by atoms with Gasteiger partial charge in [0, 0.05) is 12.6 Å². The van der Waals surface area contributed by atoms with E-state index >= 15 is 0 Å². The summed E-state index contributed by atoms with van der Waals surface area (Å²) in [6, 6.07) is 12.1. The van der Waals surface area contributed by atoms with Crippen LogP contribution in [0.5, 0.6) is 0 Å². The molecule has 3 rings (SSSR count). The van der Waals surface area contributed by atoms with E-state index in [2.05, 4.69) is 20.6 Å². The number of aromatic nitrogens is 2. The third-order valence-electron chi connectivity index (χ3n) is 4.47. The van der Waals surface area contributed by atoms with Gasteiger partial charge < -0.3 is 16.4 Å². The number of nitrogens with zero attached hydrogens (tertiary/aromatic N) is 2. The third-order valence-corrected chi connectivity index (χ3v) is 4.47. The van der Waals surface area contributed by atoms with Crippen molar-refractivity contribution in [2.45, 2.75) is 25.4 Å². The van der Waals surface area contributed by atoms with E-state index < -0.39 is 17.8 Å². The maximum Gasteiger partial charge on any atom is 0.433 e. The number of carbonyl (C=O) groups is 2. The van der Waals surface area contributed by atoms with E-state index in [1.54, 1.807) is 30.3 Å². The minimum Gasteiger partial charge on any atom is -0.397 e. The Kier molecular flexibility index (Phi) is 7.04. The van der Waals surface area contributed by atoms with Crippen LogP contribution in [-0.4, -0.2) is 21.8 Å². The molecule has 2 heterocycles. The van der Waals surface area contributed by atoms with Crippen molar-refractivity contribution in [3.05, 3.63) is 77.9 Å². The number of nitrogens with one attached hydrogen (secondary N) is 2. The number of halogens is 3. The van der Waals surface area contributed by atoms with Gasteiger partial charge in [-0.25, -0.2) is 4.98 Å². The number of alkyl halides is 3. The zero-order valence-corrected chi connectivity index (χ0v) is 16.8. The second-order valence-electron chi connectivity index (χ2n) is 6.92. The molecular formula is C22H20F3N5O2. The van der Waals surface area contributed by atoms with Gasteiger partial charge in [-0.1, -0.05) is 18.2 Å². The minimum atomic E-state index is -4.47. The summed E-state index contributed by atoms with van der Waals surface area (Å²) in [4.78, 5) is 31.8. The zero-order valence-electron chi connectivity index (χ0n) is 16.8. The van der Waals surface area contributed by atoms with Gasteiger partial charge in [0.2, 0.25) is 5.91 Å². The van der Waals surface area contributed by atoms with Crippen LogP contribution in [-0.2, 0) is 17.4 Å². The Morgan fingerprint density at radius 1 is 0.938 bits per heavy atom. The summed E-state index contributed by atoms with van der Waals surface area (Å²) >= 11 is 0. The first-order valence-corrected chi connectivity index (χ1v) is 9.66. The molecule has 0 unspecified atom stereocenters. The van der Waals surface area contributed by atoms with Crippen molar-refractivity contribution in [3.8, 4) is 0 Å². The molecule has 0 aliphatic rings. The molecule has 7 nitrogen and oxygen atoms in total. The SMILES string of the molecule is Nc1ccccc1NC(=O)c1ccc(NC(=O)CCCc2ccc(C(F)(F)F)nc2)cn1. The Morgan fingerprint density at radius 3 is 2.34 bits per heavy atom. The average molecular weight is 443 g/mol. The van der Waals surface area contributed by atoms with Crippen molar-refractivity contribution in [1.82, 2.24) is 9.97 Å². The maximum absolute atomic E-state index is 12.5. The summed E-state index contributed by atoms with van der Waals surface area (Å²) in [5, 5.41) is 5.33. The molecule has 0 aliphatic heterocycles. The largest absolute Gasteiger partial charge is 0.433 e. The van der Waals surface area contributed by atoms with Gasteiger partial charge in [-0.2, -0.15) is 13.2 Å². The number of rotatable bonds is 7. The fraction of sp³-hybridized carbons (Fsp3) is 0.182. The molecule has 0 saturated heterocycles. The molecule has 1 aromatic carbocycles. The van der Waals surface area contributed by atoms with E-state index in [9.17, 15) is 22.8 Å². The Hall–Kier alpha value is -3.95. The van der Waals surface area contributed by atoms with Gasteiger partial charge >= 0.3 is 6.18 Å². The fourth-order valence-corrected chi connectivity index (χ4v) is 2.82. The van der Waals surface area contributed by atoms with E-state index in [0.29, 0.717) is 35.5 Å². The highest BCUT2D eigenvalue weighted by molar-refractivity contribution is 6.04. The number of anilines is 3. The lowest BCUT2D eigenvalue weighted by molar-refractivity contribution is -0.141. The predicted octanol–water partition coefficient (Wildman–Crippen LogP) is 4.29. The van der Waals surface area contributed by atoms with E-state index in [0.717, 1.165) is 12.3 Å². The highest BCUT2D eigenvalue weighted by atomic mass is 19.4. The van der Waals surface area contributed by atoms with Gasteiger partial charge in [-0.15, -0.1) is 0 Å². The van der Waals surface area contributed by atoms with Crippen molar-refractivity contribution >= 4 is 28.9 Å². The lowest BCUT2D eigenvalue weighted by Gasteiger charge is -2.09. The summed E-state index contributed by atoms with van der Waals surface area (Å²) in [6.07, 6.45) is -0.934. The van der Waals surface area contributed by atoms with Gasteiger partial charge in [-0.05, 0) is 48.7 Å². The number of hydrogen-bond acceptors (Lipinski definition) is 5. The van der Waals surface area contributed by atoms with E-state index in [1.807, 2.05) is 0 Å². The lowest BCUT2D eigenvalue weighted by Crippen LogP contribution is -2.16. The molecule has 0 aliphatic carbocycles. The quantitative estimate of drug-likeness (QED) is 0.472. The van der Waals surface area contributed by atoms with Gasteiger partial charge in [0.25, 0.3) is 5.91 Å². The van der Waals surface area contributed by atoms with Gasteiger partial charge in [-0.3, -0.25) is 14.6 Å². The summed E-state index contributed by atoms with van der Waals surface area (Å²) in [5.41, 5.74) is 6.93. The normalized spacial score (nSPS) is 11.1. The third kappa shape index (κ3) is 6.27. The topological polar surface area (TPSA) is 110 Å². The maximum atomic E-state index is 12.5. The van der Waals surface area contributed by atoms with Crippen molar-refractivity contribution in [2.24, 2.45) is 0 Å². The van der Waals surface area contributed by atoms with Crippen molar-refractivity contribution in [3.63, 3.8) is 0 Å². The fourth-order valence-electron chi connectivity index (χ4n) is 2.82. The molecule has 0 spiro atoms. The molecule has 2 amide bonds. The Labute approximate surface area is 181 Å². The number of pyridine rings is 2. The molecule has 2 aromatic heterocycles. The van der Waals surface area contributed by atoms with Crippen LogP contribution in [0.25, 0.3) is 0 Å². The first kappa shape index (κ1) is 22.7. The van der Waals surface area contributed by atoms with Crippen LogP contribution >= 0.6 is 0 Å². The van der Waals surface area contributed by atoms with Crippen LogP contribution in [0.3, 0.4) is 0 Å². The summed E-state index contributed by atoms with van der Waals surface area (Å²) in [5.74, 6) is -0.716. The smallest absolute Gasteiger partial charge is 0.397 e. The van der Waals surface area contributed by atoms with Gasteiger partial charge in [0.15, 0.2) is 0 Å². The van der Waals surface area contributed by atoms with Crippen molar-refractivity contribution in [1.29, 1.82) is 0 Å². The van der Waals surface area contributed by atoms with Crippen LogP contribution < -0.4 is 16.4 Å². The first-order chi connectivity index (χ1) is 15.2. The summed E-state index contributed by atoms with van der Waals surface area (Å²) in [6.45, 7) is 0. The number of para-hydroxylation sites is 2. The Bertz CT molecular complexity index is 1080. The summed E-state index contributed by atoms with van der Waals surface area (Å²) < 4.78 is 37.6. The number of benzene rings is 1. The van der Waals surface area contributed by atoms with Crippen LogP contribution in [0, 0.1) is 0 Å². The molecular weight excluding hydrogens is 423 g/mol. The van der Waals surface area contributed by atoms with E-state index in [-0.39, 0.29) is 18.0 Å². The van der Waals surface area contributed by atoms with Crippen molar-refractivity contribution < 1.29 is 22.8 Å². The summed E-state index contributed by atoms with van der Waals surface area (Å²) in [7, 11) is 0. The highest BCUT2D eigenvalue weighted by Crippen LogP contribution is 2.27. The zero-order chi connectivity index (χ0) is 23.1. The molecule has 10 heteroatoms. The second-order valence-corrected chi connectivity index (χ2v) is 6.92. The molecule has 3 aromatic rings. The number of amides is 2. The Balaban J connectivity index is 1.46. The second kappa shape index (κ2) is 9.90. The lowest BCUT2D eigenvalue weighted by atomic mass is 10.1. The molecule has 0 fully saturated rings. The van der Waals surface area contributed by atoms with Crippen LogP contribution in [0.15, 0.2) is 60.9 Å². The monoisotopic (exact) mass is 443 g/mol. The molecule has 32 heavy (non-hydrogen) atoms.